The Morgan fingerprint density at radius 3 is 2.65 bits per heavy atom. The first-order valence-corrected chi connectivity index (χ1v) is 6.23. The van der Waals surface area contributed by atoms with Gasteiger partial charge >= 0.3 is 6.18 Å². The van der Waals surface area contributed by atoms with Crippen LogP contribution in [-0.4, -0.2) is 17.6 Å². The predicted octanol–water partition coefficient (Wildman–Crippen LogP) is 2.98. The molecule has 110 valence electrons. The van der Waals surface area contributed by atoms with Crippen LogP contribution < -0.4 is 10.5 Å². The number of benzene rings is 1. The Balaban J connectivity index is 2.20. The van der Waals surface area contributed by atoms with Gasteiger partial charge in [0.25, 0.3) is 0 Å². The number of ether oxygens (including phenoxy) is 1. The number of rotatable bonds is 5. The van der Waals surface area contributed by atoms with Crippen molar-refractivity contribution in [2.45, 2.75) is 25.4 Å². The lowest BCUT2D eigenvalue weighted by Gasteiger charge is -2.13. The highest BCUT2D eigenvalue weighted by atomic mass is 19.4. The van der Waals surface area contributed by atoms with Crippen molar-refractivity contribution >= 4 is 5.84 Å². The normalized spacial score (nSPS) is 16.2. The summed E-state index contributed by atoms with van der Waals surface area (Å²) in [4.78, 5) is 0. The molecule has 0 saturated heterocycles. The van der Waals surface area contributed by atoms with Gasteiger partial charge in [0, 0.05) is 0 Å². The van der Waals surface area contributed by atoms with Gasteiger partial charge in [-0.15, -0.1) is 0 Å². The Morgan fingerprint density at radius 1 is 1.40 bits per heavy atom. The van der Waals surface area contributed by atoms with Crippen LogP contribution in [0.1, 0.15) is 30.4 Å². The lowest BCUT2D eigenvalue weighted by Crippen LogP contribution is -2.17. The first kappa shape index (κ1) is 14.5. The number of amidine groups is 1. The van der Waals surface area contributed by atoms with Crippen LogP contribution in [0.3, 0.4) is 0 Å². The Kier molecular flexibility index (Phi) is 4.06. The molecule has 0 aromatic heterocycles. The third-order valence-corrected chi connectivity index (χ3v) is 3.17. The zero-order valence-corrected chi connectivity index (χ0v) is 10.7. The molecule has 0 atom stereocenters. The molecule has 0 aliphatic heterocycles. The number of oxime groups is 1. The molecule has 1 aromatic carbocycles. The minimum absolute atomic E-state index is 0.0573. The Morgan fingerprint density at radius 2 is 2.10 bits per heavy atom. The van der Waals surface area contributed by atoms with Crippen molar-refractivity contribution < 1.29 is 23.1 Å². The maximum atomic E-state index is 12.6. The van der Waals surface area contributed by atoms with Gasteiger partial charge in [-0.3, -0.25) is 0 Å². The van der Waals surface area contributed by atoms with Gasteiger partial charge in [-0.1, -0.05) is 18.0 Å². The number of halogens is 3. The minimum Gasteiger partial charge on any atom is -0.493 e. The van der Waals surface area contributed by atoms with Crippen molar-refractivity contribution in [2.24, 2.45) is 16.8 Å². The van der Waals surface area contributed by atoms with E-state index < -0.39 is 17.6 Å². The molecule has 20 heavy (non-hydrogen) atoms. The first-order chi connectivity index (χ1) is 9.41. The van der Waals surface area contributed by atoms with Gasteiger partial charge in [-0.2, -0.15) is 13.2 Å². The molecule has 7 heteroatoms. The molecule has 0 radical (unpaired) electrons. The average molecular weight is 288 g/mol. The standard InChI is InChI=1S/C13H15F3N2O2/c14-13(15,16)9-3-4-11(10(7-9)12(17)18-19)20-6-5-8-1-2-8/h3-4,7-8,19H,1-2,5-6H2,(H2,17,18). The van der Waals surface area contributed by atoms with Crippen molar-refractivity contribution in [1.82, 2.24) is 0 Å². The molecular weight excluding hydrogens is 273 g/mol. The van der Waals surface area contributed by atoms with Crippen molar-refractivity contribution in [1.29, 1.82) is 0 Å². The molecule has 0 bridgehead atoms. The smallest absolute Gasteiger partial charge is 0.416 e. The van der Waals surface area contributed by atoms with E-state index in [1.165, 1.54) is 18.9 Å². The van der Waals surface area contributed by atoms with Crippen LogP contribution in [0.25, 0.3) is 0 Å². The van der Waals surface area contributed by atoms with Crippen molar-refractivity contribution in [3.63, 3.8) is 0 Å². The summed E-state index contributed by atoms with van der Waals surface area (Å²) in [5.74, 6) is 0.434. The molecule has 0 amide bonds. The summed E-state index contributed by atoms with van der Waals surface area (Å²) in [7, 11) is 0. The van der Waals surface area contributed by atoms with Crippen LogP contribution in [-0.2, 0) is 6.18 Å². The van der Waals surface area contributed by atoms with Gasteiger partial charge in [0.1, 0.15) is 5.75 Å². The van der Waals surface area contributed by atoms with E-state index in [0.717, 1.165) is 18.6 Å². The third-order valence-electron chi connectivity index (χ3n) is 3.17. The molecule has 1 aliphatic rings. The number of hydrogen-bond donors (Lipinski definition) is 2. The van der Waals surface area contributed by atoms with Crippen LogP contribution in [0.4, 0.5) is 13.2 Å². The molecule has 0 heterocycles. The van der Waals surface area contributed by atoms with Gasteiger partial charge < -0.3 is 15.7 Å². The lowest BCUT2D eigenvalue weighted by molar-refractivity contribution is -0.137. The van der Waals surface area contributed by atoms with E-state index in [4.69, 9.17) is 15.7 Å². The monoisotopic (exact) mass is 288 g/mol. The van der Waals surface area contributed by atoms with Crippen molar-refractivity contribution in [2.75, 3.05) is 6.61 Å². The molecule has 0 spiro atoms. The summed E-state index contributed by atoms with van der Waals surface area (Å²) in [5, 5.41) is 11.4. The van der Waals surface area contributed by atoms with Gasteiger partial charge in [0.2, 0.25) is 0 Å². The first-order valence-electron chi connectivity index (χ1n) is 6.23. The SMILES string of the molecule is N/C(=N/O)c1cc(C(F)(F)F)ccc1OCCC1CC1. The molecule has 2 rings (SSSR count). The summed E-state index contributed by atoms with van der Waals surface area (Å²) in [6, 6.07) is 2.94. The van der Waals surface area contributed by atoms with Gasteiger partial charge in [0.05, 0.1) is 17.7 Å². The Labute approximate surface area is 114 Å². The number of nitrogens with two attached hydrogens (primary N) is 1. The number of nitrogens with zero attached hydrogens (tertiary/aromatic N) is 1. The molecule has 4 nitrogen and oxygen atoms in total. The van der Waals surface area contributed by atoms with Gasteiger partial charge in [0.15, 0.2) is 5.84 Å². The molecule has 1 aliphatic carbocycles. The molecular formula is C13H15F3N2O2. The Bertz CT molecular complexity index is 511. The second kappa shape index (κ2) is 5.60. The molecule has 1 saturated carbocycles. The highest BCUT2D eigenvalue weighted by molar-refractivity contribution is 5.99. The summed E-state index contributed by atoms with van der Waals surface area (Å²) in [5.41, 5.74) is 4.48. The van der Waals surface area contributed by atoms with Crippen molar-refractivity contribution in [3.05, 3.63) is 29.3 Å². The fourth-order valence-electron chi connectivity index (χ4n) is 1.83. The highest BCUT2D eigenvalue weighted by Crippen LogP contribution is 2.34. The quantitative estimate of drug-likeness (QED) is 0.379. The van der Waals surface area contributed by atoms with E-state index in [-0.39, 0.29) is 11.3 Å². The van der Waals surface area contributed by atoms with E-state index in [1.54, 1.807) is 0 Å². The third kappa shape index (κ3) is 3.55. The number of alkyl halides is 3. The highest BCUT2D eigenvalue weighted by Gasteiger charge is 2.31. The fraction of sp³-hybridized carbons (Fsp3) is 0.462. The average Bonchev–Trinajstić information content (AvgIpc) is 3.21. The van der Waals surface area contributed by atoms with E-state index in [2.05, 4.69) is 5.16 Å². The minimum atomic E-state index is -4.49. The van der Waals surface area contributed by atoms with Crippen molar-refractivity contribution in [3.8, 4) is 5.75 Å². The second-order valence-electron chi connectivity index (χ2n) is 4.77. The fourth-order valence-corrected chi connectivity index (χ4v) is 1.83. The number of hydrogen-bond acceptors (Lipinski definition) is 3. The Hall–Kier alpha value is -1.92. The topological polar surface area (TPSA) is 67.8 Å². The summed E-state index contributed by atoms with van der Waals surface area (Å²) >= 11 is 0. The zero-order chi connectivity index (χ0) is 14.8. The van der Waals surface area contributed by atoms with Crippen LogP contribution in [0.5, 0.6) is 5.75 Å². The van der Waals surface area contributed by atoms with Crippen LogP contribution in [0.15, 0.2) is 23.4 Å². The largest absolute Gasteiger partial charge is 0.493 e. The maximum Gasteiger partial charge on any atom is 0.416 e. The van der Waals surface area contributed by atoms with E-state index in [0.29, 0.717) is 12.5 Å². The van der Waals surface area contributed by atoms with Gasteiger partial charge in [-0.25, -0.2) is 0 Å². The maximum absolute atomic E-state index is 12.6. The molecule has 0 unspecified atom stereocenters. The summed E-state index contributed by atoms with van der Waals surface area (Å²) in [6.45, 7) is 0.405. The predicted molar refractivity (Wildman–Crippen MR) is 66.8 cm³/mol. The molecule has 3 N–H and O–H groups in total. The van der Waals surface area contributed by atoms with Crippen LogP contribution in [0, 0.1) is 5.92 Å². The summed E-state index contributed by atoms with van der Waals surface area (Å²) in [6.07, 6.45) is -1.29. The van der Waals surface area contributed by atoms with E-state index in [1.807, 2.05) is 0 Å². The molecule has 1 fully saturated rings. The second-order valence-corrected chi connectivity index (χ2v) is 4.77. The van der Waals surface area contributed by atoms with E-state index >= 15 is 0 Å². The van der Waals surface area contributed by atoms with Crippen LogP contribution in [0.2, 0.25) is 0 Å². The summed E-state index contributed by atoms with van der Waals surface area (Å²) < 4.78 is 43.4. The van der Waals surface area contributed by atoms with Gasteiger partial charge in [-0.05, 0) is 30.5 Å². The zero-order valence-electron chi connectivity index (χ0n) is 10.7. The molecule has 1 aromatic rings. The van der Waals surface area contributed by atoms with E-state index in [9.17, 15) is 13.2 Å². The van der Waals surface area contributed by atoms with Crippen LogP contribution >= 0.6 is 0 Å². The lowest BCUT2D eigenvalue weighted by atomic mass is 10.1.